The molecule has 1 amide bonds. The molecule has 3 rings (SSSR count). The number of carbonyl (C=O) groups excluding carboxylic acids is 1. The fourth-order valence-corrected chi connectivity index (χ4v) is 2.29. The van der Waals surface area contributed by atoms with Gasteiger partial charge in [-0.3, -0.25) is 4.79 Å². The molecular weight excluding hydrogens is 288 g/mol. The largest absolute Gasteiger partial charge is 0.478 e. The van der Waals surface area contributed by atoms with Gasteiger partial charge in [0, 0.05) is 5.39 Å². The maximum absolute atomic E-state index is 11.6. The fourth-order valence-electron chi connectivity index (χ4n) is 2.29. The van der Waals surface area contributed by atoms with Crippen molar-refractivity contribution in [3.05, 3.63) is 42.0 Å². The van der Waals surface area contributed by atoms with Crippen LogP contribution >= 0.6 is 0 Å². The normalized spacial score (nSPS) is 11.3. The van der Waals surface area contributed by atoms with Crippen molar-refractivity contribution in [3.63, 3.8) is 0 Å². The van der Waals surface area contributed by atoms with Crippen molar-refractivity contribution in [1.29, 1.82) is 0 Å². The van der Waals surface area contributed by atoms with Gasteiger partial charge in [0.1, 0.15) is 17.4 Å². The summed E-state index contributed by atoms with van der Waals surface area (Å²) in [6.45, 7) is 0. The van der Waals surface area contributed by atoms with Crippen molar-refractivity contribution in [2.45, 2.75) is 0 Å². The van der Waals surface area contributed by atoms with E-state index in [0.717, 1.165) is 5.39 Å². The minimum absolute atomic E-state index is 0.0252. The van der Waals surface area contributed by atoms with Crippen LogP contribution in [0, 0.1) is 0 Å². The number of carboxylic acid groups (broad SMARTS) is 1. The van der Waals surface area contributed by atoms with E-state index in [1.807, 2.05) is 6.07 Å². The molecule has 0 atom stereocenters. The molecule has 0 aliphatic heterocycles. The van der Waals surface area contributed by atoms with Gasteiger partial charge in [0.25, 0.3) is 5.91 Å². The summed E-state index contributed by atoms with van der Waals surface area (Å²) in [5.74, 6) is -1.83. The molecule has 3 aromatic rings. The fraction of sp³-hybridized carbons (Fsp3) is 0. The SMILES string of the molecule is O=C(/C=N/O)Nc1cc(C(=O)O)cc2oc3ccccc3c12. The molecule has 7 heteroatoms. The van der Waals surface area contributed by atoms with Crippen LogP contribution in [-0.4, -0.2) is 28.4 Å². The van der Waals surface area contributed by atoms with Gasteiger partial charge in [-0.15, -0.1) is 0 Å². The Morgan fingerprint density at radius 2 is 1.95 bits per heavy atom. The predicted octanol–water partition coefficient (Wildman–Crippen LogP) is 2.68. The van der Waals surface area contributed by atoms with Crippen LogP contribution in [0.4, 0.5) is 5.69 Å². The predicted molar refractivity (Wildman–Crippen MR) is 79.6 cm³/mol. The Morgan fingerprint density at radius 1 is 1.18 bits per heavy atom. The summed E-state index contributed by atoms with van der Waals surface area (Å²) >= 11 is 0. The van der Waals surface area contributed by atoms with Gasteiger partial charge in [-0.25, -0.2) is 4.79 Å². The molecule has 0 spiro atoms. The first kappa shape index (κ1) is 13.6. The zero-order valence-electron chi connectivity index (χ0n) is 11.1. The third-order valence-electron chi connectivity index (χ3n) is 3.16. The Balaban J connectivity index is 2.29. The Hall–Kier alpha value is -3.35. The average molecular weight is 298 g/mol. The van der Waals surface area contributed by atoms with E-state index in [2.05, 4.69) is 10.5 Å². The van der Waals surface area contributed by atoms with Crippen LogP contribution in [0.2, 0.25) is 0 Å². The van der Waals surface area contributed by atoms with E-state index in [9.17, 15) is 9.59 Å². The number of amides is 1. The summed E-state index contributed by atoms with van der Waals surface area (Å²) in [5, 5.41) is 24.0. The second kappa shape index (κ2) is 5.21. The van der Waals surface area contributed by atoms with E-state index in [1.54, 1.807) is 18.2 Å². The molecule has 1 heterocycles. The molecule has 110 valence electrons. The van der Waals surface area contributed by atoms with Crippen LogP contribution in [-0.2, 0) is 4.79 Å². The first-order chi connectivity index (χ1) is 10.6. The van der Waals surface area contributed by atoms with E-state index >= 15 is 0 Å². The number of nitrogens with one attached hydrogen (secondary N) is 1. The third-order valence-corrected chi connectivity index (χ3v) is 3.16. The molecule has 0 saturated heterocycles. The van der Waals surface area contributed by atoms with Crippen molar-refractivity contribution in [1.82, 2.24) is 0 Å². The van der Waals surface area contributed by atoms with Crippen LogP contribution in [0.1, 0.15) is 10.4 Å². The van der Waals surface area contributed by atoms with E-state index in [1.165, 1.54) is 12.1 Å². The number of furan rings is 1. The summed E-state index contributed by atoms with van der Waals surface area (Å²) in [6, 6.07) is 9.87. The molecule has 0 unspecified atom stereocenters. The van der Waals surface area contributed by atoms with Gasteiger partial charge in [-0.1, -0.05) is 23.4 Å². The average Bonchev–Trinajstić information content (AvgIpc) is 2.85. The zero-order valence-corrected chi connectivity index (χ0v) is 11.1. The summed E-state index contributed by atoms with van der Waals surface area (Å²) in [4.78, 5) is 22.8. The number of rotatable bonds is 3. The van der Waals surface area contributed by atoms with E-state index in [-0.39, 0.29) is 11.3 Å². The highest BCUT2D eigenvalue weighted by Crippen LogP contribution is 2.35. The smallest absolute Gasteiger partial charge is 0.335 e. The number of benzene rings is 2. The Bertz CT molecular complexity index is 926. The summed E-state index contributed by atoms with van der Waals surface area (Å²) < 4.78 is 5.63. The van der Waals surface area contributed by atoms with Crippen LogP contribution in [0.3, 0.4) is 0 Å². The number of carbonyl (C=O) groups is 2. The van der Waals surface area contributed by atoms with Gasteiger partial charge in [-0.05, 0) is 18.2 Å². The molecule has 0 bridgehead atoms. The quantitative estimate of drug-likeness (QED) is 0.391. The number of anilines is 1. The lowest BCUT2D eigenvalue weighted by atomic mass is 10.1. The number of nitrogens with zero attached hydrogens (tertiary/aromatic N) is 1. The first-order valence-electron chi connectivity index (χ1n) is 6.27. The lowest BCUT2D eigenvalue weighted by Gasteiger charge is -2.05. The summed E-state index contributed by atoms with van der Waals surface area (Å²) in [7, 11) is 0. The molecular formula is C15H10N2O5. The van der Waals surface area contributed by atoms with Crippen molar-refractivity contribution in [3.8, 4) is 0 Å². The van der Waals surface area contributed by atoms with Crippen LogP contribution in [0.15, 0.2) is 46.0 Å². The Kier molecular flexibility index (Phi) is 3.23. The Morgan fingerprint density at radius 3 is 2.68 bits per heavy atom. The highest BCUT2D eigenvalue weighted by molar-refractivity contribution is 6.33. The van der Waals surface area contributed by atoms with Crippen molar-refractivity contribution in [2.24, 2.45) is 5.16 Å². The van der Waals surface area contributed by atoms with Crippen LogP contribution in [0.5, 0.6) is 0 Å². The molecule has 2 aromatic carbocycles. The number of fused-ring (bicyclic) bond motifs is 3. The maximum atomic E-state index is 11.6. The lowest BCUT2D eigenvalue weighted by molar-refractivity contribution is -0.110. The van der Waals surface area contributed by atoms with E-state index in [4.69, 9.17) is 14.7 Å². The van der Waals surface area contributed by atoms with Crippen LogP contribution < -0.4 is 5.32 Å². The van der Waals surface area contributed by atoms with Gasteiger partial charge in [0.05, 0.1) is 16.6 Å². The standard InChI is InChI=1S/C15H10N2O5/c18-13(7-16-21)17-10-5-8(15(19)20)6-12-14(10)9-3-1-2-4-11(9)22-12/h1-7,21H,(H,17,18)(H,19,20)/b16-7+. The van der Waals surface area contributed by atoms with Crippen molar-refractivity contribution >= 4 is 45.7 Å². The highest BCUT2D eigenvalue weighted by atomic mass is 16.4. The first-order valence-corrected chi connectivity index (χ1v) is 6.27. The highest BCUT2D eigenvalue weighted by Gasteiger charge is 2.16. The van der Waals surface area contributed by atoms with Gasteiger partial charge < -0.3 is 20.0 Å². The molecule has 0 aliphatic rings. The van der Waals surface area contributed by atoms with E-state index < -0.39 is 11.9 Å². The molecule has 0 fully saturated rings. The van der Waals surface area contributed by atoms with Crippen molar-refractivity contribution in [2.75, 3.05) is 5.32 Å². The second-order valence-corrected chi connectivity index (χ2v) is 4.53. The molecule has 0 saturated carbocycles. The number of hydrogen-bond acceptors (Lipinski definition) is 5. The third kappa shape index (κ3) is 2.24. The molecule has 22 heavy (non-hydrogen) atoms. The Labute approximate surface area is 123 Å². The summed E-state index contributed by atoms with van der Waals surface area (Å²) in [5.41, 5.74) is 1.16. The zero-order chi connectivity index (χ0) is 15.7. The minimum Gasteiger partial charge on any atom is -0.478 e. The maximum Gasteiger partial charge on any atom is 0.335 e. The van der Waals surface area contributed by atoms with Gasteiger partial charge in [-0.2, -0.15) is 0 Å². The molecule has 0 radical (unpaired) electrons. The minimum atomic E-state index is -1.14. The van der Waals surface area contributed by atoms with Gasteiger partial charge in [0.2, 0.25) is 0 Å². The number of aromatic carboxylic acids is 1. The van der Waals surface area contributed by atoms with Gasteiger partial charge >= 0.3 is 5.97 Å². The second-order valence-electron chi connectivity index (χ2n) is 4.53. The molecule has 3 N–H and O–H groups in total. The lowest BCUT2D eigenvalue weighted by Crippen LogP contribution is -2.13. The monoisotopic (exact) mass is 298 g/mol. The van der Waals surface area contributed by atoms with E-state index in [0.29, 0.717) is 22.8 Å². The number of hydrogen-bond donors (Lipinski definition) is 3. The molecule has 1 aromatic heterocycles. The van der Waals surface area contributed by atoms with Crippen LogP contribution in [0.25, 0.3) is 21.9 Å². The molecule has 0 aliphatic carbocycles. The number of oxime groups is 1. The number of para-hydroxylation sites is 1. The summed E-state index contributed by atoms with van der Waals surface area (Å²) in [6.07, 6.45) is 0.682. The van der Waals surface area contributed by atoms with Crippen molar-refractivity contribution < 1.29 is 24.3 Å². The number of carboxylic acids is 1. The van der Waals surface area contributed by atoms with Gasteiger partial charge in [0.15, 0.2) is 0 Å². The molecule has 7 nitrogen and oxygen atoms in total. The topological polar surface area (TPSA) is 112 Å².